The molecule has 2 aromatic rings. The Kier molecular flexibility index (Phi) is 4.78. The van der Waals surface area contributed by atoms with E-state index < -0.39 is 5.97 Å². The highest BCUT2D eigenvalue weighted by Gasteiger charge is 2.22. The lowest BCUT2D eigenvalue weighted by Crippen LogP contribution is -2.43. The summed E-state index contributed by atoms with van der Waals surface area (Å²) in [4.78, 5) is 24.0. The molecule has 0 aliphatic rings. The highest BCUT2D eigenvalue weighted by atomic mass is 16.5. The van der Waals surface area contributed by atoms with Crippen LogP contribution in [0.4, 0.5) is 0 Å². The van der Waals surface area contributed by atoms with Crippen LogP contribution in [0.1, 0.15) is 20.8 Å². The number of ether oxygens (including phenoxy) is 1. The van der Waals surface area contributed by atoms with E-state index in [2.05, 4.69) is 0 Å². The van der Waals surface area contributed by atoms with Crippen molar-refractivity contribution in [3.8, 4) is 6.07 Å². The fourth-order valence-corrected chi connectivity index (χ4v) is 1.84. The molecule has 0 unspecified atom stereocenters. The van der Waals surface area contributed by atoms with Gasteiger partial charge >= 0.3 is 5.97 Å². The fraction of sp³-hybridized carbons (Fsp3) is 0.125. The molecule has 0 N–H and O–H groups in total. The molecule has 0 bridgehead atoms. The molecule has 104 valence electrons. The van der Waals surface area contributed by atoms with Crippen molar-refractivity contribution in [1.29, 1.82) is 5.26 Å². The minimum Gasteiger partial charge on any atom is -0.442 e. The Morgan fingerprint density at radius 1 is 1.10 bits per heavy atom. The third-order valence-corrected chi connectivity index (χ3v) is 2.83. The van der Waals surface area contributed by atoms with Crippen LogP contribution in [-0.4, -0.2) is 18.4 Å². The lowest BCUT2D eigenvalue weighted by Gasteiger charge is -2.02. The van der Waals surface area contributed by atoms with Gasteiger partial charge in [-0.05, 0) is 6.07 Å². The van der Waals surface area contributed by atoms with Crippen LogP contribution in [0, 0.1) is 11.3 Å². The van der Waals surface area contributed by atoms with E-state index in [1.807, 2.05) is 6.07 Å². The first-order chi connectivity index (χ1) is 10.2. The predicted molar refractivity (Wildman–Crippen MR) is 73.3 cm³/mol. The number of rotatable bonds is 5. The largest absolute Gasteiger partial charge is 0.442 e. The third kappa shape index (κ3) is 3.74. The zero-order valence-electron chi connectivity index (χ0n) is 11.2. The molecular formula is C16H13N2O3+. The summed E-state index contributed by atoms with van der Waals surface area (Å²) in [6.45, 7) is -0.289. The Morgan fingerprint density at radius 2 is 1.81 bits per heavy atom. The Balaban J connectivity index is 2.19. The second-order valence-corrected chi connectivity index (χ2v) is 4.24. The molecule has 0 saturated heterocycles. The van der Waals surface area contributed by atoms with Gasteiger partial charge in [0.2, 0.25) is 12.3 Å². The van der Waals surface area contributed by atoms with Gasteiger partial charge in [0.15, 0.2) is 12.8 Å². The van der Waals surface area contributed by atoms with Crippen molar-refractivity contribution in [2.75, 3.05) is 6.61 Å². The number of hydrogen-bond acceptors (Lipinski definition) is 4. The molecule has 1 heterocycles. The molecule has 0 fully saturated rings. The molecule has 2 rings (SSSR count). The summed E-state index contributed by atoms with van der Waals surface area (Å²) in [5, 5.41) is 8.44. The van der Waals surface area contributed by atoms with Crippen LogP contribution in [0.3, 0.4) is 0 Å². The Morgan fingerprint density at radius 3 is 2.52 bits per heavy atom. The van der Waals surface area contributed by atoms with Gasteiger partial charge in [0.25, 0.3) is 5.69 Å². The molecule has 1 aromatic carbocycles. The number of hydrogen-bond donors (Lipinski definition) is 0. The number of benzene rings is 1. The number of Topliss-reactive ketones (excluding diaryl/α,β-unsaturated/α-hetero) is 1. The zero-order valence-corrected chi connectivity index (χ0v) is 11.2. The van der Waals surface area contributed by atoms with Gasteiger partial charge in [-0.25, -0.2) is 4.79 Å². The van der Waals surface area contributed by atoms with Gasteiger partial charge in [-0.2, -0.15) is 9.83 Å². The molecule has 0 atom stereocenters. The van der Waals surface area contributed by atoms with Gasteiger partial charge < -0.3 is 4.74 Å². The van der Waals surface area contributed by atoms with Crippen molar-refractivity contribution >= 4 is 11.8 Å². The number of nitrogens with zero attached hydrogens (tertiary/aromatic N) is 2. The molecule has 1 aromatic heterocycles. The summed E-state index contributed by atoms with van der Waals surface area (Å²) in [5.74, 6) is -0.737. The van der Waals surface area contributed by atoms with E-state index in [0.717, 1.165) is 0 Å². The van der Waals surface area contributed by atoms with E-state index in [1.54, 1.807) is 54.7 Å². The quantitative estimate of drug-likeness (QED) is 0.473. The zero-order chi connectivity index (χ0) is 15.1. The molecular weight excluding hydrogens is 268 g/mol. The molecule has 0 aliphatic heterocycles. The standard InChI is InChI=1S/C16H13N2O3/c17-9-11-21-16(20)14-8-4-5-10-18(14)12-15(19)13-6-2-1-3-7-13/h1-8,10H,11-12H2/q+1. The normalized spacial score (nSPS) is 9.67. The number of carbonyl (C=O) groups excluding carboxylic acids is 2. The lowest BCUT2D eigenvalue weighted by molar-refractivity contribution is -0.685. The third-order valence-electron chi connectivity index (χ3n) is 2.83. The Hall–Kier alpha value is -3.00. The van der Waals surface area contributed by atoms with Gasteiger partial charge in [-0.15, -0.1) is 0 Å². The highest BCUT2D eigenvalue weighted by Crippen LogP contribution is 2.01. The van der Waals surface area contributed by atoms with Crippen LogP contribution in [0.5, 0.6) is 0 Å². The molecule has 5 nitrogen and oxygen atoms in total. The minimum atomic E-state index is -0.627. The number of nitriles is 1. The summed E-state index contributed by atoms with van der Waals surface area (Å²) < 4.78 is 6.28. The fourth-order valence-electron chi connectivity index (χ4n) is 1.84. The maximum absolute atomic E-state index is 12.2. The van der Waals surface area contributed by atoms with Crippen LogP contribution in [0.25, 0.3) is 0 Å². The van der Waals surface area contributed by atoms with Crippen molar-refractivity contribution in [2.24, 2.45) is 0 Å². The highest BCUT2D eigenvalue weighted by molar-refractivity contribution is 5.95. The topological polar surface area (TPSA) is 71.0 Å². The van der Waals surface area contributed by atoms with Crippen molar-refractivity contribution < 1.29 is 18.9 Å². The number of carbonyl (C=O) groups is 2. The van der Waals surface area contributed by atoms with Gasteiger partial charge in [0, 0.05) is 17.7 Å². The average molecular weight is 281 g/mol. The lowest BCUT2D eigenvalue weighted by atomic mass is 10.1. The predicted octanol–water partition coefficient (Wildman–Crippen LogP) is 1.54. The number of pyridine rings is 1. The Labute approximate surface area is 122 Å². The van der Waals surface area contributed by atoms with Gasteiger partial charge in [0.1, 0.15) is 6.07 Å². The van der Waals surface area contributed by atoms with E-state index in [9.17, 15) is 9.59 Å². The average Bonchev–Trinajstić information content (AvgIpc) is 2.54. The van der Waals surface area contributed by atoms with E-state index >= 15 is 0 Å². The first-order valence-electron chi connectivity index (χ1n) is 6.33. The van der Waals surface area contributed by atoms with Gasteiger partial charge in [0.05, 0.1) is 0 Å². The summed E-state index contributed by atoms with van der Waals surface area (Å²) >= 11 is 0. The number of aromatic nitrogens is 1. The van der Waals surface area contributed by atoms with Crippen molar-refractivity contribution in [1.82, 2.24) is 0 Å². The minimum absolute atomic E-state index is 0.0296. The molecule has 0 spiro atoms. The van der Waals surface area contributed by atoms with Crippen molar-refractivity contribution in [3.05, 3.63) is 66.0 Å². The first kappa shape index (κ1) is 14.4. The van der Waals surface area contributed by atoms with Crippen LogP contribution in [0.15, 0.2) is 54.7 Å². The van der Waals surface area contributed by atoms with Crippen LogP contribution in [-0.2, 0) is 11.3 Å². The molecule has 21 heavy (non-hydrogen) atoms. The summed E-state index contributed by atoms with van der Waals surface area (Å²) in [5.41, 5.74) is 0.808. The maximum Gasteiger partial charge on any atom is 0.404 e. The summed E-state index contributed by atoms with van der Waals surface area (Å²) in [6, 6.07) is 15.5. The van der Waals surface area contributed by atoms with Crippen LogP contribution in [0.2, 0.25) is 0 Å². The molecule has 0 saturated carbocycles. The van der Waals surface area contributed by atoms with Crippen LogP contribution < -0.4 is 4.57 Å². The van der Waals surface area contributed by atoms with E-state index in [0.29, 0.717) is 5.56 Å². The number of esters is 1. The van der Waals surface area contributed by atoms with E-state index in [1.165, 1.54) is 4.57 Å². The first-order valence-corrected chi connectivity index (χ1v) is 6.33. The smallest absolute Gasteiger partial charge is 0.404 e. The Bertz CT molecular complexity index is 690. The van der Waals surface area contributed by atoms with E-state index in [4.69, 9.17) is 10.00 Å². The SMILES string of the molecule is N#CCOC(=O)c1cccc[n+]1CC(=O)c1ccccc1. The molecule has 5 heteroatoms. The maximum atomic E-state index is 12.2. The second kappa shape index (κ2) is 6.96. The molecule has 0 aliphatic carbocycles. The van der Waals surface area contributed by atoms with E-state index in [-0.39, 0.29) is 24.6 Å². The second-order valence-electron chi connectivity index (χ2n) is 4.24. The monoisotopic (exact) mass is 281 g/mol. The summed E-state index contributed by atoms with van der Waals surface area (Å²) in [7, 11) is 0. The molecule has 0 radical (unpaired) electrons. The summed E-state index contributed by atoms with van der Waals surface area (Å²) in [6.07, 6.45) is 1.63. The number of ketones is 1. The van der Waals surface area contributed by atoms with Crippen molar-refractivity contribution in [3.63, 3.8) is 0 Å². The van der Waals surface area contributed by atoms with Crippen molar-refractivity contribution in [2.45, 2.75) is 6.54 Å². The van der Waals surface area contributed by atoms with Gasteiger partial charge in [-0.3, -0.25) is 4.79 Å². The van der Waals surface area contributed by atoms with Crippen LogP contribution >= 0.6 is 0 Å². The molecule has 0 amide bonds. The van der Waals surface area contributed by atoms with Gasteiger partial charge in [-0.1, -0.05) is 30.3 Å².